The smallest absolute Gasteiger partial charge is 0.287 e. The second-order valence-corrected chi connectivity index (χ2v) is 6.61. The van der Waals surface area contributed by atoms with Crippen LogP contribution in [-0.4, -0.2) is 34.6 Å². The normalized spacial score (nSPS) is 12.3. The van der Waals surface area contributed by atoms with E-state index >= 15 is 0 Å². The van der Waals surface area contributed by atoms with Crippen LogP contribution < -0.4 is 16.8 Å². The van der Waals surface area contributed by atoms with Crippen LogP contribution in [0, 0.1) is 5.82 Å². The van der Waals surface area contributed by atoms with Crippen molar-refractivity contribution in [3.05, 3.63) is 54.1 Å². The number of nitrogens with zero attached hydrogens (tertiary/aromatic N) is 2. The number of halogens is 1. The number of hydrogen-bond donors (Lipinski definition) is 3. The molecule has 0 bridgehead atoms. The van der Waals surface area contributed by atoms with Crippen molar-refractivity contribution in [1.82, 2.24) is 14.9 Å². The summed E-state index contributed by atoms with van der Waals surface area (Å²) in [5.41, 5.74) is 14.8. The van der Waals surface area contributed by atoms with Crippen LogP contribution in [0.25, 0.3) is 22.2 Å². The Labute approximate surface area is 157 Å². The van der Waals surface area contributed by atoms with Gasteiger partial charge in [0.1, 0.15) is 5.82 Å². The molecular weight excluding hydrogens is 345 g/mol. The van der Waals surface area contributed by atoms with Gasteiger partial charge in [-0.25, -0.2) is 9.37 Å². The summed E-state index contributed by atoms with van der Waals surface area (Å²) in [5, 5.41) is 2.83. The molecule has 0 saturated heterocycles. The first kappa shape index (κ1) is 19.0. The van der Waals surface area contributed by atoms with E-state index in [1.54, 1.807) is 23.7 Å². The van der Waals surface area contributed by atoms with Gasteiger partial charge in [-0.1, -0.05) is 18.2 Å². The minimum atomic E-state index is -0.274. The molecule has 5 N–H and O–H groups in total. The Morgan fingerprint density at radius 3 is 2.63 bits per heavy atom. The number of rotatable bonds is 7. The van der Waals surface area contributed by atoms with E-state index in [1.807, 2.05) is 18.2 Å². The maximum Gasteiger partial charge on any atom is 0.287 e. The van der Waals surface area contributed by atoms with Crippen molar-refractivity contribution in [3.8, 4) is 11.1 Å². The SMILES string of the molecule is Cn1c(C(=O)NC[C@H](N)CCCN)nc2ccc(-c3ccc(F)cc3)cc21. The number of carbonyl (C=O) groups is 1. The van der Waals surface area contributed by atoms with Gasteiger partial charge in [0.05, 0.1) is 11.0 Å². The fourth-order valence-corrected chi connectivity index (χ4v) is 3.00. The summed E-state index contributed by atoms with van der Waals surface area (Å²) in [6.07, 6.45) is 1.59. The van der Waals surface area contributed by atoms with Crippen molar-refractivity contribution >= 4 is 16.9 Å². The Morgan fingerprint density at radius 2 is 1.93 bits per heavy atom. The third-order valence-corrected chi connectivity index (χ3v) is 4.57. The lowest BCUT2D eigenvalue weighted by Crippen LogP contribution is -2.38. The molecule has 1 aromatic heterocycles. The maximum atomic E-state index is 13.1. The summed E-state index contributed by atoms with van der Waals surface area (Å²) in [7, 11) is 1.80. The van der Waals surface area contributed by atoms with E-state index in [4.69, 9.17) is 11.5 Å². The summed E-state index contributed by atoms with van der Waals surface area (Å²) >= 11 is 0. The topological polar surface area (TPSA) is 99.0 Å². The molecule has 0 radical (unpaired) electrons. The monoisotopic (exact) mass is 369 g/mol. The number of hydrogen-bond acceptors (Lipinski definition) is 4. The average molecular weight is 369 g/mol. The van der Waals surface area contributed by atoms with Crippen molar-refractivity contribution in [1.29, 1.82) is 0 Å². The molecule has 0 spiro atoms. The molecule has 0 saturated carbocycles. The molecule has 142 valence electrons. The molecule has 0 unspecified atom stereocenters. The summed E-state index contributed by atoms with van der Waals surface area (Å²) in [5.74, 6) is -0.212. The highest BCUT2D eigenvalue weighted by molar-refractivity contribution is 5.95. The van der Waals surface area contributed by atoms with Crippen LogP contribution in [0.1, 0.15) is 23.5 Å². The highest BCUT2D eigenvalue weighted by Gasteiger charge is 2.16. The van der Waals surface area contributed by atoms with E-state index in [9.17, 15) is 9.18 Å². The zero-order valence-electron chi connectivity index (χ0n) is 15.3. The number of amides is 1. The van der Waals surface area contributed by atoms with Crippen LogP contribution in [0.4, 0.5) is 4.39 Å². The molecule has 1 heterocycles. The number of benzene rings is 2. The molecule has 2 aromatic carbocycles. The van der Waals surface area contributed by atoms with Crippen molar-refractivity contribution in [2.24, 2.45) is 18.5 Å². The third kappa shape index (κ3) is 4.32. The lowest BCUT2D eigenvalue weighted by Gasteiger charge is -2.12. The van der Waals surface area contributed by atoms with Gasteiger partial charge in [0, 0.05) is 19.6 Å². The van der Waals surface area contributed by atoms with Crippen molar-refractivity contribution in [3.63, 3.8) is 0 Å². The van der Waals surface area contributed by atoms with E-state index in [-0.39, 0.29) is 17.8 Å². The predicted molar refractivity (Wildman–Crippen MR) is 105 cm³/mol. The third-order valence-electron chi connectivity index (χ3n) is 4.57. The number of nitrogens with one attached hydrogen (secondary N) is 1. The molecule has 1 atom stereocenters. The predicted octanol–water partition coefficient (Wildman–Crippen LogP) is 2.18. The van der Waals surface area contributed by atoms with Gasteiger partial charge in [0.2, 0.25) is 0 Å². The first-order chi connectivity index (χ1) is 13.0. The van der Waals surface area contributed by atoms with Crippen LogP contribution >= 0.6 is 0 Å². The van der Waals surface area contributed by atoms with Gasteiger partial charge in [-0.05, 0) is 54.8 Å². The van der Waals surface area contributed by atoms with Gasteiger partial charge in [0.25, 0.3) is 5.91 Å². The Bertz CT molecular complexity index is 935. The van der Waals surface area contributed by atoms with E-state index in [0.29, 0.717) is 18.9 Å². The van der Waals surface area contributed by atoms with Gasteiger partial charge in [-0.2, -0.15) is 0 Å². The molecule has 6 nitrogen and oxygen atoms in total. The molecule has 0 aliphatic heterocycles. The summed E-state index contributed by atoms with van der Waals surface area (Å²) in [6, 6.07) is 11.9. The number of imidazole rings is 1. The minimum absolute atomic E-state index is 0.128. The summed E-state index contributed by atoms with van der Waals surface area (Å²) in [6.45, 7) is 0.964. The Kier molecular flexibility index (Phi) is 5.83. The lowest BCUT2D eigenvalue weighted by molar-refractivity contribution is 0.0937. The van der Waals surface area contributed by atoms with E-state index in [0.717, 1.165) is 35.0 Å². The van der Waals surface area contributed by atoms with Gasteiger partial charge in [0.15, 0.2) is 5.82 Å². The van der Waals surface area contributed by atoms with Crippen LogP contribution in [0.15, 0.2) is 42.5 Å². The Balaban J connectivity index is 1.80. The average Bonchev–Trinajstić information content (AvgIpc) is 3.01. The molecular formula is C20H24FN5O. The van der Waals surface area contributed by atoms with Gasteiger partial charge in [-0.15, -0.1) is 0 Å². The minimum Gasteiger partial charge on any atom is -0.348 e. The maximum absolute atomic E-state index is 13.1. The van der Waals surface area contributed by atoms with Gasteiger partial charge >= 0.3 is 0 Å². The molecule has 0 aliphatic carbocycles. The Morgan fingerprint density at radius 1 is 1.22 bits per heavy atom. The van der Waals surface area contributed by atoms with Gasteiger partial charge < -0.3 is 21.4 Å². The summed E-state index contributed by atoms with van der Waals surface area (Å²) in [4.78, 5) is 16.9. The lowest BCUT2D eigenvalue weighted by atomic mass is 10.1. The molecule has 27 heavy (non-hydrogen) atoms. The standard InChI is InChI=1S/C20H24FN5O/c1-26-18-11-14(13-4-7-15(21)8-5-13)6-9-17(18)25-19(26)20(27)24-12-16(23)3-2-10-22/h4-9,11,16H,2-3,10,12,22-23H2,1H3,(H,24,27)/t16-/m1/s1. The highest BCUT2D eigenvalue weighted by Crippen LogP contribution is 2.25. The number of nitrogens with two attached hydrogens (primary N) is 2. The molecule has 0 aliphatic rings. The van der Waals surface area contributed by atoms with Crippen molar-refractivity contribution in [2.45, 2.75) is 18.9 Å². The van der Waals surface area contributed by atoms with Crippen molar-refractivity contribution < 1.29 is 9.18 Å². The van der Waals surface area contributed by atoms with Crippen molar-refractivity contribution in [2.75, 3.05) is 13.1 Å². The van der Waals surface area contributed by atoms with E-state index in [1.165, 1.54) is 12.1 Å². The number of aromatic nitrogens is 2. The zero-order chi connectivity index (χ0) is 19.4. The second-order valence-electron chi connectivity index (χ2n) is 6.61. The van der Waals surface area contributed by atoms with E-state index in [2.05, 4.69) is 10.3 Å². The fraction of sp³-hybridized carbons (Fsp3) is 0.300. The molecule has 7 heteroatoms. The molecule has 0 fully saturated rings. The van der Waals surface area contributed by atoms with Gasteiger partial charge in [-0.3, -0.25) is 4.79 Å². The molecule has 3 aromatic rings. The highest BCUT2D eigenvalue weighted by atomic mass is 19.1. The number of fused-ring (bicyclic) bond motifs is 1. The van der Waals surface area contributed by atoms with Crippen LogP contribution in [-0.2, 0) is 7.05 Å². The quantitative estimate of drug-likeness (QED) is 0.594. The second kappa shape index (κ2) is 8.28. The largest absolute Gasteiger partial charge is 0.348 e. The summed E-state index contributed by atoms with van der Waals surface area (Å²) < 4.78 is 14.9. The van der Waals surface area contributed by atoms with Crippen LogP contribution in [0.3, 0.4) is 0 Å². The number of carbonyl (C=O) groups excluding carboxylic acids is 1. The molecule has 1 amide bonds. The first-order valence-corrected chi connectivity index (χ1v) is 8.96. The van der Waals surface area contributed by atoms with E-state index < -0.39 is 0 Å². The van der Waals surface area contributed by atoms with Crippen LogP contribution in [0.5, 0.6) is 0 Å². The first-order valence-electron chi connectivity index (χ1n) is 8.96. The van der Waals surface area contributed by atoms with Crippen LogP contribution in [0.2, 0.25) is 0 Å². The zero-order valence-corrected chi connectivity index (χ0v) is 15.3. The molecule has 3 rings (SSSR count). The number of aryl methyl sites for hydroxylation is 1. The Hall–Kier alpha value is -2.77. The fourth-order valence-electron chi connectivity index (χ4n) is 3.00.